The van der Waals surface area contributed by atoms with Crippen molar-refractivity contribution in [2.45, 2.75) is 69.9 Å². The van der Waals surface area contributed by atoms with Crippen molar-refractivity contribution in [3.8, 4) is 0 Å². The molecule has 0 bridgehead atoms. The first-order valence-corrected chi connectivity index (χ1v) is 13.4. The first-order chi connectivity index (χ1) is 15.7. The molecule has 2 aliphatic rings. The molecule has 2 aliphatic heterocycles. The Bertz CT molecular complexity index is 909. The number of rotatable bonds is 9. The summed E-state index contributed by atoms with van der Waals surface area (Å²) in [5, 5.41) is 2.93. The summed E-state index contributed by atoms with van der Waals surface area (Å²) >= 11 is 0. The zero-order chi connectivity index (χ0) is 24.0. The second-order valence-electron chi connectivity index (χ2n) is 9.25. The number of benzene rings is 1. The van der Waals surface area contributed by atoms with Crippen LogP contribution in [0.2, 0.25) is 0 Å². The van der Waals surface area contributed by atoms with Gasteiger partial charge in [0.25, 0.3) is 0 Å². The molecule has 0 saturated carbocycles. The van der Waals surface area contributed by atoms with Gasteiger partial charge >= 0.3 is 0 Å². The van der Waals surface area contributed by atoms with Crippen LogP contribution in [0.5, 0.6) is 0 Å². The maximum atomic E-state index is 13.2. The standard InChI is InChI=1S/C24H37N3O5S/c1-18(2)32-17-5-13-25-23(28)22-6-4-14-27(22)24(29)20-11-15-26(16-12-20)33(30,31)21-9-7-19(3)8-10-21/h7-10,18,20,22H,4-6,11-17H2,1-3H3,(H,25,28). The molecule has 2 amide bonds. The average molecular weight is 480 g/mol. The van der Waals surface area contributed by atoms with E-state index in [1.807, 2.05) is 20.8 Å². The van der Waals surface area contributed by atoms with Gasteiger partial charge in [-0.3, -0.25) is 9.59 Å². The zero-order valence-corrected chi connectivity index (χ0v) is 20.8. The number of nitrogens with one attached hydrogen (secondary N) is 1. The molecule has 2 heterocycles. The highest BCUT2D eigenvalue weighted by Crippen LogP contribution is 2.28. The number of hydrogen-bond donors (Lipinski definition) is 1. The van der Waals surface area contributed by atoms with E-state index in [-0.39, 0.29) is 28.7 Å². The third-order valence-corrected chi connectivity index (χ3v) is 8.28. The average Bonchev–Trinajstić information content (AvgIpc) is 3.28. The smallest absolute Gasteiger partial charge is 0.243 e. The summed E-state index contributed by atoms with van der Waals surface area (Å²) in [5.74, 6) is -0.379. The Balaban J connectivity index is 1.51. The first kappa shape index (κ1) is 25.6. The number of carbonyl (C=O) groups excluding carboxylic acids is 2. The Kier molecular flexibility index (Phi) is 8.89. The van der Waals surface area contributed by atoms with Crippen molar-refractivity contribution in [2.75, 3.05) is 32.8 Å². The van der Waals surface area contributed by atoms with Crippen molar-refractivity contribution >= 4 is 21.8 Å². The summed E-state index contributed by atoms with van der Waals surface area (Å²) < 4.78 is 32.8. The van der Waals surface area contributed by atoms with Gasteiger partial charge in [-0.1, -0.05) is 17.7 Å². The van der Waals surface area contributed by atoms with Crippen LogP contribution in [0.1, 0.15) is 51.5 Å². The van der Waals surface area contributed by atoms with E-state index in [0.717, 1.165) is 18.4 Å². The molecule has 2 fully saturated rings. The summed E-state index contributed by atoms with van der Waals surface area (Å²) in [6.45, 7) is 8.19. The van der Waals surface area contributed by atoms with E-state index in [1.54, 1.807) is 29.2 Å². The summed E-state index contributed by atoms with van der Waals surface area (Å²) in [6, 6.07) is 6.41. The van der Waals surface area contributed by atoms with E-state index in [0.29, 0.717) is 52.0 Å². The van der Waals surface area contributed by atoms with Gasteiger partial charge in [0.05, 0.1) is 11.0 Å². The minimum absolute atomic E-state index is 0.0248. The minimum Gasteiger partial charge on any atom is -0.379 e. The summed E-state index contributed by atoms with van der Waals surface area (Å²) in [6.07, 6.45) is 3.32. The Morgan fingerprint density at radius 2 is 1.76 bits per heavy atom. The maximum absolute atomic E-state index is 13.2. The van der Waals surface area contributed by atoms with Crippen LogP contribution in [0.3, 0.4) is 0 Å². The molecule has 3 rings (SSSR count). The molecular weight excluding hydrogens is 442 g/mol. The number of likely N-dealkylation sites (tertiary alicyclic amines) is 1. The van der Waals surface area contributed by atoms with Crippen molar-refractivity contribution in [1.29, 1.82) is 0 Å². The van der Waals surface area contributed by atoms with Crippen LogP contribution >= 0.6 is 0 Å². The van der Waals surface area contributed by atoms with Crippen LogP contribution in [0.25, 0.3) is 0 Å². The highest BCUT2D eigenvalue weighted by Gasteiger charge is 2.39. The quantitative estimate of drug-likeness (QED) is 0.549. The van der Waals surface area contributed by atoms with E-state index >= 15 is 0 Å². The molecule has 2 saturated heterocycles. The highest BCUT2D eigenvalue weighted by molar-refractivity contribution is 7.89. The molecule has 1 aromatic rings. The van der Waals surface area contributed by atoms with Crippen LogP contribution in [0, 0.1) is 12.8 Å². The van der Waals surface area contributed by atoms with E-state index < -0.39 is 16.1 Å². The molecule has 33 heavy (non-hydrogen) atoms. The minimum atomic E-state index is -3.56. The van der Waals surface area contributed by atoms with Crippen molar-refractivity contribution in [2.24, 2.45) is 5.92 Å². The Labute approximate surface area is 197 Å². The molecule has 8 nitrogen and oxygen atoms in total. The molecule has 1 aromatic carbocycles. The van der Waals surface area contributed by atoms with Gasteiger partial charge < -0.3 is 15.0 Å². The second-order valence-corrected chi connectivity index (χ2v) is 11.2. The normalized spacial score (nSPS) is 20.4. The van der Waals surface area contributed by atoms with E-state index in [2.05, 4.69) is 5.32 Å². The van der Waals surface area contributed by atoms with Crippen molar-refractivity contribution < 1.29 is 22.7 Å². The van der Waals surface area contributed by atoms with Crippen LogP contribution in [0.4, 0.5) is 0 Å². The van der Waals surface area contributed by atoms with Gasteiger partial charge in [-0.25, -0.2) is 8.42 Å². The van der Waals surface area contributed by atoms with Gasteiger partial charge in [0.1, 0.15) is 6.04 Å². The summed E-state index contributed by atoms with van der Waals surface area (Å²) in [5.41, 5.74) is 1.01. The number of carbonyl (C=O) groups is 2. The van der Waals surface area contributed by atoms with Crippen LogP contribution in [-0.4, -0.2) is 74.4 Å². The number of aryl methyl sites for hydroxylation is 1. The number of ether oxygens (including phenoxy) is 1. The van der Waals surface area contributed by atoms with E-state index in [9.17, 15) is 18.0 Å². The molecule has 1 atom stereocenters. The van der Waals surface area contributed by atoms with E-state index in [1.165, 1.54) is 4.31 Å². The van der Waals surface area contributed by atoms with Crippen LogP contribution in [0.15, 0.2) is 29.2 Å². The number of sulfonamides is 1. The molecule has 9 heteroatoms. The lowest BCUT2D eigenvalue weighted by Crippen LogP contribution is -2.50. The third kappa shape index (κ3) is 6.55. The molecule has 184 valence electrons. The Hall–Kier alpha value is -1.97. The first-order valence-electron chi connectivity index (χ1n) is 12.0. The number of nitrogens with zero attached hydrogens (tertiary/aromatic N) is 2. The van der Waals surface area contributed by atoms with Crippen molar-refractivity contribution in [1.82, 2.24) is 14.5 Å². The molecular formula is C24H37N3O5S. The Morgan fingerprint density at radius 3 is 2.39 bits per heavy atom. The molecule has 0 aromatic heterocycles. The fraction of sp³-hybridized carbons (Fsp3) is 0.667. The topological polar surface area (TPSA) is 96.0 Å². The lowest BCUT2D eigenvalue weighted by molar-refractivity contribution is -0.142. The van der Waals surface area contributed by atoms with Gasteiger partial charge in [0.15, 0.2) is 0 Å². The van der Waals surface area contributed by atoms with Crippen LogP contribution < -0.4 is 5.32 Å². The van der Waals surface area contributed by atoms with Crippen molar-refractivity contribution in [3.63, 3.8) is 0 Å². The highest BCUT2D eigenvalue weighted by atomic mass is 32.2. The van der Waals surface area contributed by atoms with Crippen molar-refractivity contribution in [3.05, 3.63) is 29.8 Å². The third-order valence-electron chi connectivity index (χ3n) is 6.37. The molecule has 1 N–H and O–H groups in total. The summed E-state index contributed by atoms with van der Waals surface area (Å²) in [4.78, 5) is 27.8. The lowest BCUT2D eigenvalue weighted by Gasteiger charge is -2.34. The second kappa shape index (κ2) is 11.4. The van der Waals surface area contributed by atoms with E-state index in [4.69, 9.17) is 4.74 Å². The van der Waals surface area contributed by atoms with Gasteiger partial charge in [-0.05, 0) is 65.0 Å². The maximum Gasteiger partial charge on any atom is 0.243 e. The SMILES string of the molecule is Cc1ccc(S(=O)(=O)N2CCC(C(=O)N3CCCC3C(=O)NCCCOC(C)C)CC2)cc1. The monoisotopic (exact) mass is 479 g/mol. The molecule has 0 radical (unpaired) electrons. The van der Waals surface area contributed by atoms with Crippen LogP contribution in [-0.2, 0) is 24.3 Å². The Morgan fingerprint density at radius 1 is 1.09 bits per heavy atom. The molecule has 0 aliphatic carbocycles. The predicted molar refractivity (Wildman–Crippen MR) is 126 cm³/mol. The van der Waals surface area contributed by atoms with Gasteiger partial charge in [0.2, 0.25) is 21.8 Å². The van der Waals surface area contributed by atoms with Gasteiger partial charge in [-0.2, -0.15) is 4.31 Å². The number of piperidine rings is 1. The predicted octanol–water partition coefficient (Wildman–Crippen LogP) is 2.32. The molecule has 0 spiro atoms. The fourth-order valence-electron chi connectivity index (χ4n) is 4.46. The number of hydrogen-bond acceptors (Lipinski definition) is 5. The van der Waals surface area contributed by atoms with Gasteiger partial charge in [-0.15, -0.1) is 0 Å². The molecule has 1 unspecified atom stereocenters. The largest absolute Gasteiger partial charge is 0.379 e. The number of amides is 2. The zero-order valence-electron chi connectivity index (χ0n) is 20.0. The summed E-state index contributed by atoms with van der Waals surface area (Å²) in [7, 11) is -3.56. The van der Waals surface area contributed by atoms with Gasteiger partial charge in [0, 0.05) is 38.7 Å². The lowest BCUT2D eigenvalue weighted by atomic mass is 9.96. The fourth-order valence-corrected chi connectivity index (χ4v) is 5.93.